The zero-order valence-corrected chi connectivity index (χ0v) is 11.0. The molecule has 0 unspecified atom stereocenters. The number of aromatic nitrogens is 1. The average molecular weight is 251 g/mol. The minimum atomic E-state index is 0.821. The Morgan fingerprint density at radius 2 is 2.35 bits per heavy atom. The molecule has 0 spiro atoms. The smallest absolute Gasteiger partial charge is 0.182 e. The Morgan fingerprint density at radius 1 is 1.47 bits per heavy atom. The van der Waals surface area contributed by atoms with Crippen molar-refractivity contribution < 1.29 is 4.42 Å². The van der Waals surface area contributed by atoms with Crippen molar-refractivity contribution in [2.45, 2.75) is 20.0 Å². The SMILES string of the molecule is CCNc1ncc(CN(C)Cc2ccco2)s1. The first-order valence-electron chi connectivity index (χ1n) is 5.67. The third-order valence-corrected chi connectivity index (χ3v) is 3.25. The summed E-state index contributed by atoms with van der Waals surface area (Å²) in [6.07, 6.45) is 3.64. The fraction of sp³-hybridized carbons (Fsp3) is 0.417. The van der Waals surface area contributed by atoms with E-state index in [1.165, 1.54) is 4.88 Å². The lowest BCUT2D eigenvalue weighted by atomic mass is 10.4. The Labute approximate surface area is 105 Å². The Morgan fingerprint density at radius 3 is 3.06 bits per heavy atom. The molecule has 0 aliphatic carbocycles. The number of nitrogens with one attached hydrogen (secondary N) is 1. The van der Waals surface area contributed by atoms with Gasteiger partial charge in [-0.25, -0.2) is 4.98 Å². The summed E-state index contributed by atoms with van der Waals surface area (Å²) in [6, 6.07) is 3.91. The van der Waals surface area contributed by atoms with E-state index >= 15 is 0 Å². The van der Waals surface area contributed by atoms with Gasteiger partial charge in [0.15, 0.2) is 5.13 Å². The second-order valence-corrected chi connectivity index (χ2v) is 5.03. The molecule has 0 saturated carbocycles. The first kappa shape index (κ1) is 12.1. The highest BCUT2D eigenvalue weighted by Gasteiger charge is 2.06. The number of hydrogen-bond donors (Lipinski definition) is 1. The summed E-state index contributed by atoms with van der Waals surface area (Å²) >= 11 is 1.70. The van der Waals surface area contributed by atoms with Crippen LogP contribution in [0, 0.1) is 0 Å². The first-order chi connectivity index (χ1) is 8.28. The van der Waals surface area contributed by atoms with Crippen LogP contribution in [-0.4, -0.2) is 23.5 Å². The molecule has 0 bridgehead atoms. The van der Waals surface area contributed by atoms with Gasteiger partial charge in [-0.1, -0.05) is 0 Å². The lowest BCUT2D eigenvalue weighted by Gasteiger charge is -2.13. The number of furan rings is 1. The van der Waals surface area contributed by atoms with Gasteiger partial charge in [0.1, 0.15) is 5.76 Å². The standard InChI is InChI=1S/C12H17N3OS/c1-3-13-12-14-7-11(17-12)9-15(2)8-10-5-4-6-16-10/h4-7H,3,8-9H2,1-2H3,(H,13,14). The predicted molar refractivity (Wildman–Crippen MR) is 70.2 cm³/mol. The van der Waals surface area contributed by atoms with E-state index in [4.69, 9.17) is 4.42 Å². The lowest BCUT2D eigenvalue weighted by molar-refractivity contribution is 0.290. The number of hydrogen-bond acceptors (Lipinski definition) is 5. The minimum absolute atomic E-state index is 0.821. The van der Waals surface area contributed by atoms with Crippen LogP contribution in [0.15, 0.2) is 29.0 Å². The Hall–Kier alpha value is -1.33. The Kier molecular flexibility index (Phi) is 4.17. The molecule has 0 atom stereocenters. The fourth-order valence-corrected chi connectivity index (χ4v) is 2.56. The number of thiazole rings is 1. The molecule has 92 valence electrons. The van der Waals surface area contributed by atoms with Gasteiger partial charge in [0.05, 0.1) is 12.8 Å². The van der Waals surface area contributed by atoms with E-state index in [1.54, 1.807) is 17.6 Å². The summed E-state index contributed by atoms with van der Waals surface area (Å²) < 4.78 is 5.32. The van der Waals surface area contributed by atoms with Crippen molar-refractivity contribution in [1.82, 2.24) is 9.88 Å². The predicted octanol–water partition coefficient (Wildman–Crippen LogP) is 2.80. The molecule has 2 aromatic rings. The van der Waals surface area contributed by atoms with Crippen LogP contribution in [0.1, 0.15) is 17.6 Å². The van der Waals surface area contributed by atoms with Gasteiger partial charge in [-0.05, 0) is 26.1 Å². The molecule has 0 fully saturated rings. The van der Waals surface area contributed by atoms with E-state index in [0.29, 0.717) is 0 Å². The summed E-state index contributed by atoms with van der Waals surface area (Å²) in [5, 5.41) is 4.21. The molecular formula is C12H17N3OS. The summed E-state index contributed by atoms with van der Waals surface area (Å²) in [5.41, 5.74) is 0. The van der Waals surface area contributed by atoms with Crippen LogP contribution in [0.2, 0.25) is 0 Å². The molecule has 0 aliphatic rings. The summed E-state index contributed by atoms with van der Waals surface area (Å²) in [5.74, 6) is 0.990. The largest absolute Gasteiger partial charge is 0.468 e. The van der Waals surface area contributed by atoms with Crippen molar-refractivity contribution in [3.05, 3.63) is 35.2 Å². The third kappa shape index (κ3) is 3.57. The second-order valence-electron chi connectivity index (χ2n) is 3.91. The molecule has 0 amide bonds. The molecule has 5 heteroatoms. The molecule has 0 aliphatic heterocycles. The monoisotopic (exact) mass is 251 g/mol. The number of rotatable bonds is 6. The van der Waals surface area contributed by atoms with E-state index in [-0.39, 0.29) is 0 Å². The van der Waals surface area contributed by atoms with Gasteiger partial charge in [0.25, 0.3) is 0 Å². The maximum Gasteiger partial charge on any atom is 0.182 e. The van der Waals surface area contributed by atoms with Crippen LogP contribution in [0.25, 0.3) is 0 Å². The van der Waals surface area contributed by atoms with Crippen LogP contribution in [-0.2, 0) is 13.1 Å². The quantitative estimate of drug-likeness (QED) is 0.857. The maximum absolute atomic E-state index is 5.32. The van der Waals surface area contributed by atoms with Gasteiger partial charge in [-0.2, -0.15) is 0 Å². The van der Waals surface area contributed by atoms with Crippen LogP contribution in [0.3, 0.4) is 0 Å². The summed E-state index contributed by atoms with van der Waals surface area (Å²) in [4.78, 5) is 7.78. The Balaban J connectivity index is 1.86. The molecule has 1 N–H and O–H groups in total. The molecule has 0 saturated heterocycles. The summed E-state index contributed by atoms with van der Waals surface area (Å²) in [6.45, 7) is 4.70. The van der Waals surface area contributed by atoms with Crippen LogP contribution in [0.4, 0.5) is 5.13 Å². The van der Waals surface area contributed by atoms with Gasteiger partial charge in [-0.3, -0.25) is 4.90 Å². The molecule has 0 radical (unpaired) electrons. The van der Waals surface area contributed by atoms with Gasteiger partial charge in [0.2, 0.25) is 0 Å². The van der Waals surface area contributed by atoms with Crippen molar-refractivity contribution in [2.75, 3.05) is 18.9 Å². The van der Waals surface area contributed by atoms with E-state index in [9.17, 15) is 0 Å². The maximum atomic E-state index is 5.32. The fourth-order valence-electron chi connectivity index (χ4n) is 1.60. The average Bonchev–Trinajstić information content (AvgIpc) is 2.91. The third-order valence-electron chi connectivity index (χ3n) is 2.31. The zero-order chi connectivity index (χ0) is 12.1. The molecule has 2 rings (SSSR count). The van der Waals surface area contributed by atoms with Crippen molar-refractivity contribution in [2.24, 2.45) is 0 Å². The van der Waals surface area contributed by atoms with Crippen LogP contribution < -0.4 is 5.32 Å². The van der Waals surface area contributed by atoms with Crippen molar-refractivity contribution >= 4 is 16.5 Å². The normalized spacial score (nSPS) is 11.0. The topological polar surface area (TPSA) is 41.3 Å². The molecule has 17 heavy (non-hydrogen) atoms. The van der Waals surface area contributed by atoms with Crippen molar-refractivity contribution in [1.29, 1.82) is 0 Å². The van der Waals surface area contributed by atoms with Crippen molar-refractivity contribution in [3.63, 3.8) is 0 Å². The number of anilines is 1. The number of nitrogens with zero attached hydrogens (tertiary/aromatic N) is 2. The van der Waals surface area contributed by atoms with Gasteiger partial charge in [-0.15, -0.1) is 11.3 Å². The molecule has 4 nitrogen and oxygen atoms in total. The molecule has 2 heterocycles. The highest BCUT2D eigenvalue weighted by atomic mass is 32.1. The van der Waals surface area contributed by atoms with E-state index in [2.05, 4.69) is 29.2 Å². The van der Waals surface area contributed by atoms with E-state index in [1.807, 2.05) is 18.3 Å². The lowest BCUT2D eigenvalue weighted by Crippen LogP contribution is -2.16. The molecular weight excluding hydrogens is 234 g/mol. The van der Waals surface area contributed by atoms with Crippen LogP contribution in [0.5, 0.6) is 0 Å². The van der Waals surface area contributed by atoms with Gasteiger partial charge >= 0.3 is 0 Å². The molecule has 2 aromatic heterocycles. The highest BCUT2D eigenvalue weighted by molar-refractivity contribution is 7.15. The van der Waals surface area contributed by atoms with Crippen molar-refractivity contribution in [3.8, 4) is 0 Å². The first-order valence-corrected chi connectivity index (χ1v) is 6.49. The van der Waals surface area contributed by atoms with E-state index in [0.717, 1.165) is 30.5 Å². The highest BCUT2D eigenvalue weighted by Crippen LogP contribution is 2.19. The van der Waals surface area contributed by atoms with Gasteiger partial charge in [0, 0.05) is 24.2 Å². The minimum Gasteiger partial charge on any atom is -0.468 e. The van der Waals surface area contributed by atoms with Gasteiger partial charge < -0.3 is 9.73 Å². The Bertz CT molecular complexity index is 438. The van der Waals surface area contributed by atoms with E-state index < -0.39 is 0 Å². The second kappa shape index (κ2) is 5.84. The zero-order valence-electron chi connectivity index (χ0n) is 10.1. The summed E-state index contributed by atoms with van der Waals surface area (Å²) in [7, 11) is 2.08. The molecule has 0 aromatic carbocycles. The van der Waals surface area contributed by atoms with Crippen LogP contribution >= 0.6 is 11.3 Å².